The van der Waals surface area contributed by atoms with E-state index in [2.05, 4.69) is 87.3 Å². The number of ether oxygens (including phenoxy) is 3. The maximum Gasteiger partial charge on any atom is 0.511 e. The molecule has 0 aliphatic heterocycles. The number of terminal acetylenes is 1. The number of allylic oxidation sites excluding steroid dienone is 1. The first-order chi connectivity index (χ1) is 41.3. The van der Waals surface area contributed by atoms with Crippen molar-refractivity contribution in [2.24, 2.45) is 0 Å². The lowest BCUT2D eigenvalue weighted by molar-refractivity contribution is -0.0814. The number of anilines is 3. The summed E-state index contributed by atoms with van der Waals surface area (Å²) in [5.74, 6) is -2.36. The van der Waals surface area contributed by atoms with Crippen LogP contribution < -0.4 is 16.0 Å². The normalized spacial score (nSPS) is 10.9. The van der Waals surface area contributed by atoms with E-state index in [1.807, 2.05) is 0 Å². The van der Waals surface area contributed by atoms with Crippen LogP contribution in [0.2, 0.25) is 20.4 Å². The average Bonchev–Trinajstić information content (AvgIpc) is 2.44. The number of pyridine rings is 2. The zero-order valence-electron chi connectivity index (χ0n) is 44.2. The summed E-state index contributed by atoms with van der Waals surface area (Å²) in [6.45, 7) is 4.73. The lowest BCUT2D eigenvalue weighted by atomic mass is 10.1. The van der Waals surface area contributed by atoms with Crippen LogP contribution in [0.5, 0.6) is 0 Å². The molecule has 0 fully saturated rings. The van der Waals surface area contributed by atoms with Gasteiger partial charge < -0.3 is 40.4 Å². The number of aromatic amines is 1. The highest BCUT2D eigenvalue weighted by Crippen LogP contribution is 2.30. The first-order valence-electron chi connectivity index (χ1n) is 24.2. The third kappa shape index (κ3) is 16.4. The Morgan fingerprint density at radius 1 is 0.698 bits per heavy atom. The minimum Gasteiger partial charge on any atom is -0.478 e. The Bertz CT molecular complexity index is 4020. The highest BCUT2D eigenvalue weighted by Gasteiger charge is 2.25. The molecule has 29 nitrogen and oxygen atoms in total. The SMILES string of the molecule is C#Cc1cc(NC(=O)c2ccc(-n3ccnc3)nn2)c(C(=O)OC(C)OC(=O)OCC)nc1Cl.C/C=C/c1cc(NC(=O)c2ccc(-n3ccnc3)nn2)c(C(=O)O)nc1Cl.O=C(Nc1cc(Cl)c(Cl)cc1C(=O)O)c1ccc(-c2cn[nH]c2)nn1. The number of nitrogens with zero attached hydrogens (tertiary/aromatic N) is 13. The fourth-order valence-electron chi connectivity index (χ4n) is 6.76. The quantitative estimate of drug-likeness (QED) is 0.0228. The number of hydrogen-bond donors (Lipinski definition) is 6. The zero-order valence-corrected chi connectivity index (χ0v) is 47.2. The van der Waals surface area contributed by atoms with Crippen LogP contribution in [0.3, 0.4) is 0 Å². The highest BCUT2D eigenvalue weighted by atomic mass is 35.5. The average molecular weight is 1250 g/mol. The second kappa shape index (κ2) is 29.3. The minimum absolute atomic E-state index is 0.00508. The van der Waals surface area contributed by atoms with Crippen molar-refractivity contribution in [1.82, 2.24) is 69.9 Å². The van der Waals surface area contributed by atoms with Crippen LogP contribution >= 0.6 is 46.4 Å². The zero-order chi connectivity index (χ0) is 62.0. The van der Waals surface area contributed by atoms with Gasteiger partial charge in [-0.3, -0.25) is 28.6 Å². The molecule has 0 saturated heterocycles. The minimum atomic E-state index is -1.32. The van der Waals surface area contributed by atoms with Crippen molar-refractivity contribution in [2.75, 3.05) is 22.6 Å². The number of benzene rings is 1. The number of H-pyrrole nitrogens is 1. The predicted molar refractivity (Wildman–Crippen MR) is 306 cm³/mol. The summed E-state index contributed by atoms with van der Waals surface area (Å²) in [7, 11) is 0. The monoisotopic (exact) mass is 1250 g/mol. The fourth-order valence-corrected chi connectivity index (χ4v) is 7.49. The predicted octanol–water partition coefficient (Wildman–Crippen LogP) is 8.44. The van der Waals surface area contributed by atoms with E-state index >= 15 is 0 Å². The highest BCUT2D eigenvalue weighted by molar-refractivity contribution is 6.42. The lowest BCUT2D eigenvalue weighted by Gasteiger charge is -2.15. The summed E-state index contributed by atoms with van der Waals surface area (Å²) in [6, 6.07) is 14.2. The summed E-state index contributed by atoms with van der Waals surface area (Å²) in [6.07, 6.45) is 19.2. The number of carboxylic acids is 2. The molecule has 8 aromatic heterocycles. The molecule has 6 N–H and O–H groups in total. The van der Waals surface area contributed by atoms with E-state index in [9.17, 15) is 43.8 Å². The number of hydrogen-bond acceptors (Lipinski definition) is 21. The second-order valence-electron chi connectivity index (χ2n) is 16.5. The summed E-state index contributed by atoms with van der Waals surface area (Å²) in [5.41, 5.74) is 0.783. The van der Waals surface area contributed by atoms with Gasteiger partial charge in [-0.25, -0.2) is 39.1 Å². The summed E-state index contributed by atoms with van der Waals surface area (Å²) in [5, 5.41) is 55.9. The van der Waals surface area contributed by atoms with Crippen LogP contribution in [-0.4, -0.2) is 135 Å². The van der Waals surface area contributed by atoms with Crippen molar-refractivity contribution < 1.29 is 58.0 Å². The molecule has 1 atom stereocenters. The number of aromatic nitrogens is 14. The van der Waals surface area contributed by atoms with Gasteiger partial charge in [0.15, 0.2) is 40.1 Å². The Morgan fingerprint density at radius 3 is 1.73 bits per heavy atom. The number of carboxylic acid groups (broad SMARTS) is 2. The smallest absolute Gasteiger partial charge is 0.478 e. The molecule has 86 heavy (non-hydrogen) atoms. The molecular weight excluding hydrogens is 1210 g/mol. The topological polar surface area (TPSA) is 391 Å². The van der Waals surface area contributed by atoms with Crippen LogP contribution in [0.15, 0.2) is 117 Å². The summed E-state index contributed by atoms with van der Waals surface area (Å²) in [4.78, 5) is 99.8. The number of rotatable bonds is 16. The third-order valence-electron chi connectivity index (χ3n) is 10.7. The molecule has 0 bridgehead atoms. The van der Waals surface area contributed by atoms with Crippen LogP contribution in [0.25, 0.3) is 29.0 Å². The van der Waals surface area contributed by atoms with Gasteiger partial charge in [-0.1, -0.05) is 64.5 Å². The molecule has 33 heteroatoms. The van der Waals surface area contributed by atoms with E-state index in [-0.39, 0.29) is 83.6 Å². The van der Waals surface area contributed by atoms with Crippen molar-refractivity contribution in [3.63, 3.8) is 0 Å². The first kappa shape index (κ1) is 62.5. The van der Waals surface area contributed by atoms with Gasteiger partial charge in [-0.2, -0.15) is 5.10 Å². The molecular formula is C53H39Cl4N17O12. The molecule has 9 rings (SSSR count). The molecule has 436 valence electrons. The molecule has 9 aromatic rings. The number of aromatic carboxylic acids is 2. The Balaban J connectivity index is 0.000000187. The van der Waals surface area contributed by atoms with Gasteiger partial charge in [-0.15, -0.1) is 37.0 Å². The summed E-state index contributed by atoms with van der Waals surface area (Å²) < 4.78 is 17.7. The maximum atomic E-state index is 12.7. The molecule has 3 amide bonds. The molecule has 0 spiro atoms. The van der Waals surface area contributed by atoms with Gasteiger partial charge in [0.1, 0.15) is 23.0 Å². The lowest BCUT2D eigenvalue weighted by Crippen LogP contribution is -2.24. The Morgan fingerprint density at radius 2 is 1.26 bits per heavy atom. The second-order valence-corrected chi connectivity index (χ2v) is 18.0. The largest absolute Gasteiger partial charge is 0.511 e. The molecule has 1 unspecified atom stereocenters. The number of carbonyl (C=O) groups is 7. The molecule has 0 saturated carbocycles. The van der Waals surface area contributed by atoms with E-state index in [1.54, 1.807) is 96.8 Å². The van der Waals surface area contributed by atoms with Crippen molar-refractivity contribution in [2.45, 2.75) is 27.1 Å². The van der Waals surface area contributed by atoms with Gasteiger partial charge in [0.05, 0.1) is 56.7 Å². The van der Waals surface area contributed by atoms with Crippen LogP contribution in [0.1, 0.15) is 94.7 Å². The number of nitrogens with one attached hydrogen (secondary N) is 4. The molecule has 0 radical (unpaired) electrons. The van der Waals surface area contributed by atoms with Gasteiger partial charge in [0.25, 0.3) is 17.7 Å². The van der Waals surface area contributed by atoms with Crippen molar-refractivity contribution in [3.05, 3.63) is 182 Å². The van der Waals surface area contributed by atoms with Crippen LogP contribution in [0.4, 0.5) is 21.9 Å². The fraction of sp³-hybridized carbons (Fsp3) is 0.0943. The Hall–Kier alpha value is -11.1. The molecule has 0 aliphatic carbocycles. The summed E-state index contributed by atoms with van der Waals surface area (Å²) >= 11 is 23.7. The van der Waals surface area contributed by atoms with E-state index < -0.39 is 48.1 Å². The van der Waals surface area contributed by atoms with Crippen molar-refractivity contribution in [3.8, 4) is 35.2 Å². The third-order valence-corrected chi connectivity index (χ3v) is 12.0. The van der Waals surface area contributed by atoms with Crippen molar-refractivity contribution >= 4 is 111 Å². The van der Waals surface area contributed by atoms with Gasteiger partial charge >= 0.3 is 24.1 Å². The van der Waals surface area contributed by atoms with E-state index in [4.69, 9.17) is 62.3 Å². The van der Waals surface area contributed by atoms with E-state index in [0.29, 0.717) is 22.9 Å². The van der Waals surface area contributed by atoms with Gasteiger partial charge in [0, 0.05) is 49.0 Å². The van der Waals surface area contributed by atoms with Gasteiger partial charge in [0.2, 0.25) is 6.29 Å². The van der Waals surface area contributed by atoms with Crippen LogP contribution in [-0.2, 0) is 14.2 Å². The molecule has 1 aromatic carbocycles. The number of esters is 1. The van der Waals surface area contributed by atoms with E-state index in [1.165, 1.54) is 49.6 Å². The Kier molecular flexibility index (Phi) is 21.3. The van der Waals surface area contributed by atoms with E-state index in [0.717, 1.165) is 11.6 Å². The van der Waals surface area contributed by atoms with Gasteiger partial charge in [-0.05, 0) is 74.5 Å². The number of imidazole rings is 2. The molecule has 0 aliphatic rings. The van der Waals surface area contributed by atoms with Crippen LogP contribution in [0, 0.1) is 12.3 Å². The number of carbonyl (C=O) groups excluding carboxylic acids is 5. The molecule has 8 heterocycles. The van der Waals surface area contributed by atoms with Crippen molar-refractivity contribution in [1.29, 1.82) is 0 Å². The maximum absolute atomic E-state index is 12.7. The number of amides is 3. The first-order valence-corrected chi connectivity index (χ1v) is 25.7. The Labute approximate surface area is 503 Å². The standard InChI is InChI=1S/C21H17ClN6O6.C17H13ClN6O3.C15H9Cl2N5O3/c1-4-13-10-15(17(25-18(13)22)20(30)33-12(3)34-21(31)32-5-2)24-19(29)14-6-7-16(27-26-14)28-9-8-23-11-28;1-2-3-10-8-12(14(17(26)27)21-15(10)18)20-16(25)11-4-5-13(23-22-11)24-7-6-19-9-24;16-9-3-8(15(24)25)13(4-10(9)17)20-14(23)12-2-1-11(21-22-12)7-5-18-19-6-7/h1,6-12H,5H2,2-3H3,(H,24,29);2-9H,1H3,(H,20,25)(H,26,27);1-6H,(H,18,19)(H,20,23)(H,24,25)/b;3-2+;. The number of halogens is 4.